The average Bonchev–Trinajstić information content (AvgIpc) is 3.27. The van der Waals surface area contributed by atoms with Crippen LogP contribution in [-0.4, -0.2) is 79.7 Å². The van der Waals surface area contributed by atoms with Crippen molar-refractivity contribution >= 4 is 60.5 Å². The second-order valence-corrected chi connectivity index (χ2v) is 25.1. The Morgan fingerprint density at radius 1 is 0.913 bits per heavy atom. The summed E-state index contributed by atoms with van der Waals surface area (Å²) in [5, 5.41) is 31.3. The van der Waals surface area contributed by atoms with Crippen LogP contribution in [0, 0.1) is 0 Å². The van der Waals surface area contributed by atoms with Gasteiger partial charge in [0, 0.05) is 60.2 Å². The zero-order valence-electron chi connectivity index (χ0n) is 41.0. The highest BCUT2D eigenvalue weighted by atomic mass is 35.5. The van der Waals surface area contributed by atoms with E-state index in [9.17, 15) is 29.4 Å². The molecule has 1 fully saturated rings. The van der Waals surface area contributed by atoms with E-state index in [-0.39, 0.29) is 45.7 Å². The second-order valence-electron chi connectivity index (χ2n) is 20.0. The van der Waals surface area contributed by atoms with Crippen LogP contribution < -0.4 is 31.1 Å². The smallest absolute Gasteiger partial charge is 0.412 e. The normalized spacial score (nSPS) is 15.8. The number of H-pyrrole nitrogens is 1. The summed E-state index contributed by atoms with van der Waals surface area (Å²) in [6, 6.07) is 24.6. The van der Waals surface area contributed by atoms with E-state index in [1.54, 1.807) is 45.0 Å². The van der Waals surface area contributed by atoms with Gasteiger partial charge < -0.3 is 44.5 Å². The number of phenolic OH excluding ortho intramolecular Hbond substituents is 1. The molecule has 0 aliphatic heterocycles. The van der Waals surface area contributed by atoms with Gasteiger partial charge in [0.05, 0.1) is 41.7 Å². The highest BCUT2D eigenvalue weighted by Crippen LogP contribution is 2.42. The van der Waals surface area contributed by atoms with Crippen molar-refractivity contribution in [3.8, 4) is 22.6 Å². The van der Waals surface area contributed by atoms with E-state index in [0.717, 1.165) is 27.8 Å². The molecular formula is C52H66ClN5O10Si. The summed E-state index contributed by atoms with van der Waals surface area (Å²) in [7, 11) is -0.797. The largest absolute Gasteiger partial charge is 0.506 e. The highest BCUT2D eigenvalue weighted by molar-refractivity contribution is 6.74. The molecule has 6 N–H and O–H groups in total. The van der Waals surface area contributed by atoms with Crippen LogP contribution in [0.3, 0.4) is 0 Å². The van der Waals surface area contributed by atoms with E-state index in [0.29, 0.717) is 67.5 Å². The first-order valence-electron chi connectivity index (χ1n) is 23.3. The number of rotatable bonds is 16. The van der Waals surface area contributed by atoms with E-state index < -0.39 is 38.3 Å². The van der Waals surface area contributed by atoms with E-state index in [2.05, 4.69) is 54.8 Å². The van der Waals surface area contributed by atoms with E-state index in [1.807, 2.05) is 54.6 Å². The van der Waals surface area contributed by atoms with Gasteiger partial charge in [-0.1, -0.05) is 80.9 Å². The molecule has 15 nitrogen and oxygen atoms in total. The lowest BCUT2D eigenvalue weighted by Crippen LogP contribution is -2.47. The lowest BCUT2D eigenvalue weighted by molar-refractivity contribution is 0.0490. The fourth-order valence-electron chi connectivity index (χ4n) is 8.25. The monoisotopic (exact) mass is 983 g/mol. The number of nitrogens with zero attached hydrogens (tertiary/aromatic N) is 1. The maximum atomic E-state index is 13.2. The predicted octanol–water partition coefficient (Wildman–Crippen LogP) is 11.5. The van der Waals surface area contributed by atoms with Gasteiger partial charge in [-0.2, -0.15) is 0 Å². The van der Waals surface area contributed by atoms with Gasteiger partial charge in [-0.3, -0.25) is 15.0 Å². The number of ether oxygens (including phenoxy) is 3. The molecule has 69 heavy (non-hydrogen) atoms. The quantitative estimate of drug-likeness (QED) is 0.0514. The summed E-state index contributed by atoms with van der Waals surface area (Å²) < 4.78 is 23.7. The fraction of sp³-hybridized carbons (Fsp3) is 0.423. The minimum absolute atomic E-state index is 0.00819. The van der Waals surface area contributed by atoms with Gasteiger partial charge >= 0.3 is 18.3 Å². The summed E-state index contributed by atoms with van der Waals surface area (Å²) in [6.07, 6.45) is -0.194. The molecule has 1 saturated carbocycles. The molecule has 0 spiro atoms. The number of anilines is 2. The van der Waals surface area contributed by atoms with Crippen LogP contribution in [0.1, 0.15) is 90.0 Å². The lowest BCUT2D eigenvalue weighted by atomic mass is 9.89. The van der Waals surface area contributed by atoms with Crippen molar-refractivity contribution in [2.75, 3.05) is 30.5 Å². The summed E-state index contributed by atoms with van der Waals surface area (Å²) in [5.41, 5.74) is 4.13. The van der Waals surface area contributed by atoms with Crippen LogP contribution in [0.2, 0.25) is 23.2 Å². The fourth-order valence-corrected chi connectivity index (χ4v) is 9.76. The van der Waals surface area contributed by atoms with Crippen LogP contribution in [0.15, 0.2) is 89.7 Å². The third-order valence-corrected chi connectivity index (χ3v) is 17.6. The molecule has 6 rings (SSSR count). The molecule has 1 atom stereocenters. The number of hydrogen-bond acceptors (Lipinski definition) is 10. The van der Waals surface area contributed by atoms with Crippen LogP contribution >= 0.6 is 11.6 Å². The predicted molar refractivity (Wildman–Crippen MR) is 273 cm³/mol. The van der Waals surface area contributed by atoms with Crippen LogP contribution in [-0.2, 0) is 26.9 Å². The first-order valence-corrected chi connectivity index (χ1v) is 26.6. The van der Waals surface area contributed by atoms with Gasteiger partial charge in [0.25, 0.3) is 0 Å². The minimum atomic E-state index is -2.32. The number of benzene rings is 4. The molecule has 1 aliphatic rings. The number of hydrogen-bond donors (Lipinski definition) is 6. The Hall–Kier alpha value is -6.07. The second kappa shape index (κ2) is 22.1. The van der Waals surface area contributed by atoms with Crippen molar-refractivity contribution in [2.45, 2.75) is 122 Å². The van der Waals surface area contributed by atoms with Crippen molar-refractivity contribution in [1.29, 1.82) is 0 Å². The number of alkyl carbamates (subject to hydrolysis) is 1. The van der Waals surface area contributed by atoms with Gasteiger partial charge in [-0.15, -0.1) is 0 Å². The van der Waals surface area contributed by atoms with Gasteiger partial charge in [0.15, 0.2) is 8.32 Å². The number of carbonyl (C=O) groups is 3. The molecule has 3 amide bonds. The Kier molecular flexibility index (Phi) is 16.8. The SMILES string of the molecule is COc1cc(NC(=O)OCCc2ccc(-c3ccccc3)c(N(C(=O)O)C3CCC(NC(=O)OC(C)(C)C)CC3)c2)c(Cl)cc1CNC[C@@H](O[Si](C)(C)C(C)(C)C)c1ccc(O)c2[nH]c(=O)ccc12. The Morgan fingerprint density at radius 3 is 2.28 bits per heavy atom. The van der Waals surface area contributed by atoms with Gasteiger partial charge in [0.1, 0.15) is 17.1 Å². The molecule has 1 aromatic heterocycles. The Bertz CT molecular complexity index is 2680. The lowest BCUT2D eigenvalue weighted by Gasteiger charge is -2.39. The van der Waals surface area contributed by atoms with Gasteiger partial charge in [0.2, 0.25) is 5.56 Å². The summed E-state index contributed by atoms with van der Waals surface area (Å²) in [5.74, 6) is 0.441. The molecule has 1 heterocycles. The first-order chi connectivity index (χ1) is 32.5. The number of pyridine rings is 1. The number of halogens is 1. The van der Waals surface area contributed by atoms with Crippen LogP contribution in [0.25, 0.3) is 22.0 Å². The van der Waals surface area contributed by atoms with Crippen LogP contribution in [0.5, 0.6) is 11.5 Å². The molecule has 370 valence electrons. The zero-order valence-corrected chi connectivity index (χ0v) is 42.7. The minimum Gasteiger partial charge on any atom is -0.506 e. The number of aromatic amines is 1. The molecule has 1 aliphatic carbocycles. The van der Waals surface area contributed by atoms with Crippen molar-refractivity contribution in [3.05, 3.63) is 117 Å². The number of aromatic hydroxyl groups is 1. The molecule has 0 radical (unpaired) electrons. The van der Waals surface area contributed by atoms with Crippen LogP contribution in [0.4, 0.5) is 25.8 Å². The third-order valence-electron chi connectivity index (χ3n) is 12.8. The number of nitrogens with one attached hydrogen (secondary N) is 4. The van der Waals surface area contributed by atoms with E-state index in [4.69, 9.17) is 30.2 Å². The summed E-state index contributed by atoms with van der Waals surface area (Å²) >= 11 is 6.75. The molecule has 5 aromatic rings. The molecule has 4 aromatic carbocycles. The third kappa shape index (κ3) is 13.6. The summed E-state index contributed by atoms with van der Waals surface area (Å²) in [4.78, 5) is 55.1. The Balaban J connectivity index is 1.11. The maximum absolute atomic E-state index is 13.2. The molecule has 0 saturated heterocycles. The van der Waals surface area contributed by atoms with Crippen molar-refractivity contribution < 1.29 is 43.2 Å². The number of phenols is 1. The van der Waals surface area contributed by atoms with E-state index in [1.165, 1.54) is 18.1 Å². The Labute approximate surface area is 410 Å². The average molecular weight is 985 g/mol. The van der Waals surface area contributed by atoms with E-state index >= 15 is 0 Å². The summed E-state index contributed by atoms with van der Waals surface area (Å²) in [6.45, 7) is 16.9. The van der Waals surface area contributed by atoms with Gasteiger partial charge in [-0.25, -0.2) is 14.4 Å². The number of methoxy groups -OCH3 is 1. The van der Waals surface area contributed by atoms with Crippen molar-refractivity contribution in [1.82, 2.24) is 15.6 Å². The maximum Gasteiger partial charge on any atom is 0.412 e. The highest BCUT2D eigenvalue weighted by Gasteiger charge is 2.40. The zero-order chi connectivity index (χ0) is 50.3. The molecule has 0 unspecified atom stereocenters. The number of carbonyl (C=O) groups excluding carboxylic acids is 2. The topological polar surface area (TPSA) is 201 Å². The molecule has 17 heteroatoms. The standard InChI is InChI=1S/C52H66ClN5O10Si/c1-51(2,3)67-49(62)55-35-16-18-36(19-17-35)58(50(63)64)42-27-32(15-20-37(42)33-13-11-10-12-14-33)25-26-66-48(61)56-41-29-44(65-7)34(28-40(41)53)30-54-31-45(68-69(8,9)52(4,5)6)38-21-23-43(59)47-39(38)22-24-46(60)57-47/h10-15,20-24,27-29,35-36,45,54,59H,16-19,25-26,30-31H2,1-9H3,(H,55,62)(H,56,61)(H,57,60)(H,63,64)/t35?,36?,45-/m1/s1. The van der Waals surface area contributed by atoms with Crippen molar-refractivity contribution in [3.63, 3.8) is 0 Å². The number of aromatic nitrogens is 1. The number of carboxylic acid groups (broad SMARTS) is 1. The molecular weight excluding hydrogens is 918 g/mol. The first kappa shape index (κ1) is 52.3. The Morgan fingerprint density at radius 2 is 1.62 bits per heavy atom. The van der Waals surface area contributed by atoms with Crippen molar-refractivity contribution in [2.24, 2.45) is 0 Å². The number of fused-ring (bicyclic) bond motifs is 1. The molecule has 0 bridgehead atoms. The number of amides is 3. The van der Waals surface area contributed by atoms with Gasteiger partial charge in [-0.05, 0) is 106 Å².